The van der Waals surface area contributed by atoms with Crippen molar-refractivity contribution < 1.29 is 22.0 Å². The Morgan fingerprint density at radius 3 is 2.39 bits per heavy atom. The third kappa shape index (κ3) is 4.23. The van der Waals surface area contributed by atoms with Crippen molar-refractivity contribution in [3.05, 3.63) is 53.7 Å². The van der Waals surface area contributed by atoms with Crippen LogP contribution in [-0.2, 0) is 14.6 Å². The predicted molar refractivity (Wildman–Crippen MR) is 120 cm³/mol. The van der Waals surface area contributed by atoms with Crippen LogP contribution in [0.25, 0.3) is 0 Å². The molecule has 33 heavy (non-hydrogen) atoms. The molecule has 3 fully saturated rings. The average Bonchev–Trinajstić information content (AvgIpc) is 3.35. The lowest BCUT2D eigenvalue weighted by Gasteiger charge is -2.41. The minimum absolute atomic E-state index is 0.0738. The summed E-state index contributed by atoms with van der Waals surface area (Å²) in [6.07, 6.45) is 3.28. The molecule has 2 aliphatic heterocycles. The van der Waals surface area contributed by atoms with E-state index in [9.17, 15) is 22.0 Å². The van der Waals surface area contributed by atoms with Gasteiger partial charge in [-0.3, -0.25) is 4.79 Å². The van der Waals surface area contributed by atoms with Gasteiger partial charge >= 0.3 is 0 Å². The number of nitrogens with zero attached hydrogens (tertiary/aromatic N) is 3. The molecule has 1 amide bonds. The summed E-state index contributed by atoms with van der Waals surface area (Å²) in [7, 11) is -3.85. The van der Waals surface area contributed by atoms with E-state index in [4.69, 9.17) is 0 Å². The third-order valence-electron chi connectivity index (χ3n) is 7.04. The number of likely N-dealkylation sites (tertiary alicyclic amines) is 1. The van der Waals surface area contributed by atoms with Crippen molar-refractivity contribution in [2.75, 3.05) is 23.7 Å². The molecule has 0 spiro atoms. The van der Waals surface area contributed by atoms with Gasteiger partial charge in [0.25, 0.3) is 5.92 Å². The Morgan fingerprint density at radius 2 is 1.79 bits per heavy atom. The van der Waals surface area contributed by atoms with Crippen molar-refractivity contribution >= 4 is 21.6 Å². The number of alkyl halides is 2. The second kappa shape index (κ2) is 8.04. The number of carbonyl (C=O) groups excluding carboxylic acids is 1. The van der Waals surface area contributed by atoms with E-state index in [1.54, 1.807) is 11.0 Å². The Morgan fingerprint density at radius 1 is 1.12 bits per heavy atom. The Bertz CT molecular complexity index is 1160. The molecule has 9 heteroatoms. The van der Waals surface area contributed by atoms with Gasteiger partial charge in [-0.1, -0.05) is 24.3 Å². The summed E-state index contributed by atoms with van der Waals surface area (Å²) in [5.41, 5.74) is 1.25. The van der Waals surface area contributed by atoms with Gasteiger partial charge in [0.05, 0.1) is 16.6 Å². The van der Waals surface area contributed by atoms with Gasteiger partial charge in [-0.2, -0.15) is 0 Å². The van der Waals surface area contributed by atoms with Gasteiger partial charge in [0, 0.05) is 44.2 Å². The van der Waals surface area contributed by atoms with E-state index in [-0.39, 0.29) is 47.0 Å². The fourth-order valence-corrected chi connectivity index (χ4v) is 6.70. The lowest BCUT2D eigenvalue weighted by Crippen LogP contribution is -2.55. The standard InChI is InChI=1S/C24H27F2N3O3S/c1-16-6-9-22(27-13-16)29-17-7-8-18(29)15-28(14-17)23(30)10-11-33(31,32)21-5-3-2-4-19(21)20-12-24(20,25)26/h2-6,9,13,17-18,20H,7-8,10-12,14-15H2,1H3. The molecule has 3 unspecified atom stereocenters. The van der Waals surface area contributed by atoms with Crippen molar-refractivity contribution in [3.63, 3.8) is 0 Å². The van der Waals surface area contributed by atoms with Crippen molar-refractivity contribution in [1.82, 2.24) is 9.88 Å². The van der Waals surface area contributed by atoms with Gasteiger partial charge in [-0.15, -0.1) is 0 Å². The van der Waals surface area contributed by atoms with Crippen molar-refractivity contribution in [2.45, 2.75) is 61.4 Å². The van der Waals surface area contributed by atoms with E-state index in [1.807, 2.05) is 25.3 Å². The van der Waals surface area contributed by atoms with Crippen LogP contribution in [0.15, 0.2) is 47.5 Å². The number of piperazine rings is 1. The molecule has 1 aromatic carbocycles. The molecule has 2 saturated heterocycles. The fourth-order valence-electron chi connectivity index (χ4n) is 5.19. The lowest BCUT2D eigenvalue weighted by atomic mass is 10.1. The molecule has 2 bridgehead atoms. The van der Waals surface area contributed by atoms with Gasteiger partial charge in [0.1, 0.15) is 5.82 Å². The summed E-state index contributed by atoms with van der Waals surface area (Å²) in [5.74, 6) is -3.58. The van der Waals surface area contributed by atoms with Gasteiger partial charge in [0.15, 0.2) is 9.84 Å². The minimum atomic E-state index is -3.85. The number of anilines is 1. The van der Waals surface area contributed by atoms with E-state index < -0.39 is 21.7 Å². The van der Waals surface area contributed by atoms with Crippen LogP contribution in [-0.4, -0.2) is 61.1 Å². The first-order valence-corrected chi connectivity index (χ1v) is 13.0. The Labute approximate surface area is 192 Å². The third-order valence-corrected chi connectivity index (χ3v) is 8.82. The number of rotatable bonds is 6. The molecule has 3 atom stereocenters. The number of amides is 1. The van der Waals surface area contributed by atoms with E-state index in [1.165, 1.54) is 18.2 Å². The van der Waals surface area contributed by atoms with Crippen LogP contribution in [0.4, 0.5) is 14.6 Å². The van der Waals surface area contributed by atoms with E-state index in [2.05, 4.69) is 9.88 Å². The first kappa shape index (κ1) is 22.3. The van der Waals surface area contributed by atoms with Gasteiger partial charge in [-0.25, -0.2) is 22.2 Å². The molecule has 1 aromatic heterocycles. The van der Waals surface area contributed by atoms with Crippen LogP contribution in [0, 0.1) is 6.92 Å². The number of aromatic nitrogens is 1. The number of carbonyl (C=O) groups is 1. The van der Waals surface area contributed by atoms with Crippen molar-refractivity contribution in [3.8, 4) is 0 Å². The Hall–Kier alpha value is -2.55. The molecule has 3 heterocycles. The second-order valence-corrected chi connectivity index (χ2v) is 11.5. The highest BCUT2D eigenvalue weighted by molar-refractivity contribution is 7.91. The van der Waals surface area contributed by atoms with Gasteiger partial charge < -0.3 is 9.80 Å². The molecule has 2 aromatic rings. The molecule has 1 aliphatic carbocycles. The number of fused-ring (bicyclic) bond motifs is 2. The van der Waals surface area contributed by atoms with Crippen LogP contribution < -0.4 is 4.90 Å². The molecule has 176 valence electrons. The van der Waals surface area contributed by atoms with E-state index >= 15 is 0 Å². The molecule has 0 N–H and O–H groups in total. The van der Waals surface area contributed by atoms with Crippen LogP contribution in [0.5, 0.6) is 0 Å². The number of pyridine rings is 1. The zero-order valence-corrected chi connectivity index (χ0v) is 19.3. The summed E-state index contributed by atoms with van der Waals surface area (Å²) in [6.45, 7) is 3.07. The zero-order chi connectivity index (χ0) is 23.4. The van der Waals surface area contributed by atoms with E-state index in [0.717, 1.165) is 24.2 Å². The Balaban J connectivity index is 1.24. The molecule has 6 nitrogen and oxygen atoms in total. The summed E-state index contributed by atoms with van der Waals surface area (Å²) in [5, 5.41) is 0. The summed E-state index contributed by atoms with van der Waals surface area (Å²) in [4.78, 5) is 21.4. The molecular formula is C24H27F2N3O3S. The van der Waals surface area contributed by atoms with Crippen LogP contribution in [0.1, 0.15) is 42.7 Å². The highest BCUT2D eigenvalue weighted by atomic mass is 32.2. The van der Waals surface area contributed by atoms with E-state index in [0.29, 0.717) is 13.1 Å². The highest BCUT2D eigenvalue weighted by Gasteiger charge is 2.58. The number of aryl methyl sites for hydroxylation is 1. The maximum Gasteiger partial charge on any atom is 0.255 e. The number of halogens is 2. The first-order valence-electron chi connectivity index (χ1n) is 11.3. The topological polar surface area (TPSA) is 70.6 Å². The quantitative estimate of drug-likeness (QED) is 0.639. The van der Waals surface area contributed by atoms with Crippen LogP contribution in [0.2, 0.25) is 0 Å². The van der Waals surface area contributed by atoms with Gasteiger partial charge in [0.2, 0.25) is 5.91 Å². The predicted octanol–water partition coefficient (Wildman–Crippen LogP) is 3.56. The number of benzene rings is 1. The van der Waals surface area contributed by atoms with Gasteiger partial charge in [-0.05, 0) is 43.0 Å². The molecule has 5 rings (SSSR count). The first-order chi connectivity index (χ1) is 15.7. The summed E-state index contributed by atoms with van der Waals surface area (Å²) >= 11 is 0. The molecule has 0 radical (unpaired) electrons. The smallest absolute Gasteiger partial charge is 0.255 e. The second-order valence-electron chi connectivity index (χ2n) is 9.41. The monoisotopic (exact) mass is 475 g/mol. The van der Waals surface area contributed by atoms with Crippen molar-refractivity contribution in [2.24, 2.45) is 0 Å². The highest BCUT2D eigenvalue weighted by Crippen LogP contribution is 2.56. The SMILES string of the molecule is Cc1ccc(N2C3CCC2CN(C(=O)CCS(=O)(=O)c2ccccc2C2CC2(F)F)C3)nc1. The maximum atomic E-state index is 13.6. The fraction of sp³-hybridized carbons (Fsp3) is 0.500. The number of hydrogen-bond donors (Lipinski definition) is 0. The summed E-state index contributed by atoms with van der Waals surface area (Å²) < 4.78 is 53.1. The normalized spacial score (nSPS) is 25.8. The molecule has 1 saturated carbocycles. The number of sulfone groups is 1. The maximum absolute atomic E-state index is 13.6. The molecule has 3 aliphatic rings. The average molecular weight is 476 g/mol. The number of hydrogen-bond acceptors (Lipinski definition) is 5. The minimum Gasteiger partial charge on any atom is -0.347 e. The Kier molecular flexibility index (Phi) is 5.42. The largest absolute Gasteiger partial charge is 0.347 e. The van der Waals surface area contributed by atoms with Crippen LogP contribution >= 0.6 is 0 Å². The van der Waals surface area contributed by atoms with Crippen LogP contribution in [0.3, 0.4) is 0 Å². The zero-order valence-electron chi connectivity index (χ0n) is 18.5. The van der Waals surface area contributed by atoms with Crippen molar-refractivity contribution in [1.29, 1.82) is 0 Å². The lowest BCUT2D eigenvalue weighted by molar-refractivity contribution is -0.131. The molecular weight excluding hydrogens is 448 g/mol. The summed E-state index contributed by atoms with van der Waals surface area (Å²) in [6, 6.07) is 10.3.